The summed E-state index contributed by atoms with van der Waals surface area (Å²) in [6.07, 6.45) is 0. The molecule has 0 bridgehead atoms. The van der Waals surface area contributed by atoms with Gasteiger partial charge in [-0.3, -0.25) is 9.48 Å². The monoisotopic (exact) mass is 413 g/mol. The predicted molar refractivity (Wildman–Crippen MR) is 112 cm³/mol. The van der Waals surface area contributed by atoms with Crippen LogP contribution in [0.5, 0.6) is 5.88 Å². The lowest BCUT2D eigenvalue weighted by Gasteiger charge is -2.33. The molecule has 1 amide bonds. The van der Waals surface area contributed by atoms with E-state index in [0.717, 1.165) is 16.5 Å². The Balaban J connectivity index is 1.62. The Labute approximate surface area is 175 Å². The number of para-hydroxylation sites is 1. The van der Waals surface area contributed by atoms with E-state index in [0.29, 0.717) is 43.8 Å². The number of aromatic nitrogens is 2. The van der Waals surface area contributed by atoms with Crippen molar-refractivity contribution in [3.8, 4) is 5.88 Å². The third-order valence-electron chi connectivity index (χ3n) is 5.01. The molecule has 1 aliphatic heterocycles. The van der Waals surface area contributed by atoms with Gasteiger partial charge in [0.05, 0.1) is 30.7 Å². The van der Waals surface area contributed by atoms with Gasteiger partial charge < -0.3 is 14.4 Å². The average Bonchev–Trinajstić information content (AvgIpc) is 3.05. The van der Waals surface area contributed by atoms with Gasteiger partial charge in [0.1, 0.15) is 0 Å². The second kappa shape index (κ2) is 8.05. The zero-order chi connectivity index (χ0) is 20.4. The van der Waals surface area contributed by atoms with E-state index in [2.05, 4.69) is 5.10 Å². The molecule has 0 saturated carbocycles. The fourth-order valence-electron chi connectivity index (χ4n) is 3.53. The summed E-state index contributed by atoms with van der Waals surface area (Å²) >= 11 is 6.12. The van der Waals surface area contributed by atoms with Crippen molar-refractivity contribution >= 4 is 28.4 Å². The van der Waals surface area contributed by atoms with Gasteiger partial charge in [-0.1, -0.05) is 35.9 Å². The number of rotatable bonds is 5. The summed E-state index contributed by atoms with van der Waals surface area (Å²) in [4.78, 5) is 14.8. The Morgan fingerprint density at radius 3 is 2.69 bits per heavy atom. The lowest BCUT2D eigenvalue weighted by Crippen LogP contribution is -2.52. The van der Waals surface area contributed by atoms with Crippen molar-refractivity contribution in [3.63, 3.8) is 0 Å². The van der Waals surface area contributed by atoms with Crippen LogP contribution in [0.25, 0.3) is 10.9 Å². The van der Waals surface area contributed by atoms with Crippen molar-refractivity contribution < 1.29 is 14.3 Å². The number of hydrogen-bond donors (Lipinski definition) is 0. The van der Waals surface area contributed by atoms with Gasteiger partial charge >= 0.3 is 0 Å². The fraction of sp³-hybridized carbons (Fsp3) is 0.364. The van der Waals surface area contributed by atoms with Crippen molar-refractivity contribution in [2.75, 3.05) is 26.3 Å². The number of halogens is 1. The second-order valence-electron chi connectivity index (χ2n) is 7.63. The lowest BCUT2D eigenvalue weighted by molar-refractivity contribution is -0.149. The molecule has 3 aromatic rings. The van der Waals surface area contributed by atoms with Gasteiger partial charge in [0.25, 0.3) is 5.91 Å². The molecule has 0 N–H and O–H groups in total. The Bertz CT molecular complexity index is 1030. The highest BCUT2D eigenvalue weighted by Crippen LogP contribution is 2.29. The van der Waals surface area contributed by atoms with E-state index in [4.69, 9.17) is 21.1 Å². The molecule has 7 heteroatoms. The number of carbonyl (C=O) groups excluding carboxylic acids is 1. The summed E-state index contributed by atoms with van der Waals surface area (Å²) in [5, 5.41) is 6.24. The molecule has 2 aromatic carbocycles. The molecule has 1 fully saturated rings. The first-order valence-electron chi connectivity index (χ1n) is 9.70. The van der Waals surface area contributed by atoms with Crippen LogP contribution < -0.4 is 4.74 Å². The zero-order valence-corrected chi connectivity index (χ0v) is 17.4. The summed E-state index contributed by atoms with van der Waals surface area (Å²) in [6.45, 7) is 6.40. The molecule has 1 saturated heterocycles. The maximum atomic E-state index is 13.0. The number of ether oxygens (including phenoxy) is 2. The molecule has 6 nitrogen and oxygen atoms in total. The number of fused-ring (bicyclic) bond motifs is 1. The van der Waals surface area contributed by atoms with E-state index in [9.17, 15) is 4.79 Å². The van der Waals surface area contributed by atoms with Crippen molar-refractivity contribution in [3.05, 3.63) is 59.1 Å². The maximum absolute atomic E-state index is 13.0. The van der Waals surface area contributed by atoms with Crippen LogP contribution in [0.15, 0.2) is 48.5 Å². The topological polar surface area (TPSA) is 56.6 Å². The van der Waals surface area contributed by atoms with E-state index >= 15 is 0 Å². The third kappa shape index (κ3) is 4.23. The van der Waals surface area contributed by atoms with Crippen molar-refractivity contribution in [1.29, 1.82) is 0 Å². The van der Waals surface area contributed by atoms with Crippen LogP contribution in [0.4, 0.5) is 0 Å². The molecular weight excluding hydrogens is 390 g/mol. The lowest BCUT2D eigenvalue weighted by atomic mass is 10.1. The average molecular weight is 414 g/mol. The second-order valence-corrected chi connectivity index (χ2v) is 8.06. The summed E-state index contributed by atoms with van der Waals surface area (Å²) in [5.74, 6) is 0.392. The molecule has 4 rings (SSSR count). The quantitative estimate of drug-likeness (QED) is 0.639. The van der Waals surface area contributed by atoms with Crippen LogP contribution in [-0.2, 0) is 16.1 Å². The number of amides is 1. The summed E-state index contributed by atoms with van der Waals surface area (Å²) < 4.78 is 13.4. The molecule has 152 valence electrons. The number of benzene rings is 2. The SMILES string of the molecule is CC(C)(Oc1nn(Cc2cccc(Cl)c2)c2ccccc12)C(=O)N1CCOCC1. The van der Waals surface area contributed by atoms with Crippen LogP contribution in [-0.4, -0.2) is 52.5 Å². The van der Waals surface area contributed by atoms with E-state index in [-0.39, 0.29) is 5.91 Å². The van der Waals surface area contributed by atoms with Gasteiger partial charge in [0, 0.05) is 18.1 Å². The van der Waals surface area contributed by atoms with Gasteiger partial charge in [-0.05, 0) is 43.7 Å². The van der Waals surface area contributed by atoms with Gasteiger partial charge in [-0.2, -0.15) is 0 Å². The summed E-state index contributed by atoms with van der Waals surface area (Å²) in [6, 6.07) is 15.6. The minimum absolute atomic E-state index is 0.0609. The molecule has 1 aromatic heterocycles. The highest BCUT2D eigenvalue weighted by molar-refractivity contribution is 6.30. The summed E-state index contributed by atoms with van der Waals surface area (Å²) in [7, 11) is 0. The molecule has 0 unspecified atom stereocenters. The van der Waals surface area contributed by atoms with Crippen molar-refractivity contribution in [2.45, 2.75) is 26.0 Å². The Morgan fingerprint density at radius 2 is 1.93 bits per heavy atom. The number of nitrogens with zero attached hydrogens (tertiary/aromatic N) is 3. The molecule has 29 heavy (non-hydrogen) atoms. The number of hydrogen-bond acceptors (Lipinski definition) is 4. The van der Waals surface area contributed by atoms with Crippen molar-refractivity contribution in [2.24, 2.45) is 0 Å². The molecule has 0 atom stereocenters. The Hall–Kier alpha value is -2.57. The molecule has 0 spiro atoms. The molecule has 2 heterocycles. The number of carbonyl (C=O) groups is 1. The van der Waals surface area contributed by atoms with E-state index in [1.807, 2.05) is 53.2 Å². The minimum atomic E-state index is -1.03. The molecule has 1 aliphatic rings. The van der Waals surface area contributed by atoms with E-state index in [1.165, 1.54) is 0 Å². The predicted octanol–water partition coefficient (Wildman–Crippen LogP) is 3.75. The fourth-order valence-corrected chi connectivity index (χ4v) is 3.75. The van der Waals surface area contributed by atoms with Crippen LogP contribution in [0.2, 0.25) is 5.02 Å². The Kier molecular flexibility index (Phi) is 5.48. The Morgan fingerprint density at radius 1 is 1.17 bits per heavy atom. The largest absolute Gasteiger partial charge is 0.460 e. The van der Waals surface area contributed by atoms with Crippen LogP contribution in [0.3, 0.4) is 0 Å². The van der Waals surface area contributed by atoms with Crippen LogP contribution in [0.1, 0.15) is 19.4 Å². The van der Waals surface area contributed by atoms with Gasteiger partial charge in [0.2, 0.25) is 5.88 Å². The number of morpholine rings is 1. The zero-order valence-electron chi connectivity index (χ0n) is 16.6. The van der Waals surface area contributed by atoms with Crippen molar-refractivity contribution in [1.82, 2.24) is 14.7 Å². The maximum Gasteiger partial charge on any atom is 0.266 e. The van der Waals surface area contributed by atoms with Crippen LogP contribution in [0, 0.1) is 0 Å². The first kappa shape index (κ1) is 19.7. The highest BCUT2D eigenvalue weighted by Gasteiger charge is 2.36. The third-order valence-corrected chi connectivity index (χ3v) is 5.25. The van der Waals surface area contributed by atoms with E-state index in [1.54, 1.807) is 18.7 Å². The van der Waals surface area contributed by atoms with Gasteiger partial charge in [-0.25, -0.2) is 0 Å². The van der Waals surface area contributed by atoms with E-state index < -0.39 is 5.60 Å². The molecular formula is C22H24ClN3O3. The van der Waals surface area contributed by atoms with Crippen LogP contribution >= 0.6 is 11.6 Å². The molecule has 0 radical (unpaired) electrons. The minimum Gasteiger partial charge on any atom is -0.460 e. The highest BCUT2D eigenvalue weighted by atomic mass is 35.5. The smallest absolute Gasteiger partial charge is 0.266 e. The van der Waals surface area contributed by atoms with Gasteiger partial charge in [0.15, 0.2) is 5.60 Å². The normalized spacial score (nSPS) is 14.9. The van der Waals surface area contributed by atoms with Gasteiger partial charge in [-0.15, -0.1) is 5.10 Å². The standard InChI is InChI=1S/C22H24ClN3O3/c1-22(2,21(27)25-10-12-28-13-11-25)29-20-18-8-3-4-9-19(18)26(24-20)15-16-6-5-7-17(23)14-16/h3-9,14H,10-13,15H2,1-2H3. The first-order valence-corrected chi connectivity index (χ1v) is 10.1. The summed E-state index contributed by atoms with van der Waals surface area (Å²) in [5.41, 5.74) is 0.952. The first-order chi connectivity index (χ1) is 13.9. The molecule has 0 aliphatic carbocycles.